The van der Waals surface area contributed by atoms with Crippen molar-refractivity contribution >= 4 is 17.3 Å². The van der Waals surface area contributed by atoms with Gasteiger partial charge in [0.25, 0.3) is 5.91 Å². The van der Waals surface area contributed by atoms with Crippen molar-refractivity contribution in [1.82, 2.24) is 14.3 Å². The number of aromatic nitrogens is 2. The molecule has 1 fully saturated rings. The van der Waals surface area contributed by atoms with Gasteiger partial charge in [0.05, 0.1) is 6.20 Å². The predicted molar refractivity (Wildman–Crippen MR) is 109 cm³/mol. The molecular formula is C23H25N3O2. The molecule has 28 heavy (non-hydrogen) atoms. The second-order valence-corrected chi connectivity index (χ2v) is 7.36. The fraction of sp³-hybridized carbons (Fsp3) is 0.348. The number of pyridine rings is 1. The van der Waals surface area contributed by atoms with Crippen LogP contribution in [0.25, 0.3) is 5.65 Å². The van der Waals surface area contributed by atoms with Crippen LogP contribution < -0.4 is 0 Å². The van der Waals surface area contributed by atoms with Crippen LogP contribution in [0, 0.1) is 0 Å². The van der Waals surface area contributed by atoms with Crippen molar-refractivity contribution in [2.75, 3.05) is 6.54 Å². The van der Waals surface area contributed by atoms with E-state index in [1.54, 1.807) is 34.9 Å². The molecule has 0 spiro atoms. The minimum atomic E-state index is -0.0997. The Morgan fingerprint density at radius 1 is 1.04 bits per heavy atom. The zero-order chi connectivity index (χ0) is 19.5. The third-order valence-corrected chi connectivity index (χ3v) is 5.66. The number of hydrogen-bond acceptors (Lipinski definition) is 3. The van der Waals surface area contributed by atoms with Gasteiger partial charge in [-0.1, -0.05) is 37.5 Å². The number of carbonyl (C=O) groups is 2. The molecular weight excluding hydrogens is 350 g/mol. The number of benzene rings is 1. The molecule has 1 aliphatic rings. The number of rotatable bonds is 5. The highest BCUT2D eigenvalue weighted by Crippen LogP contribution is 2.24. The van der Waals surface area contributed by atoms with Crippen molar-refractivity contribution in [3.8, 4) is 0 Å². The van der Waals surface area contributed by atoms with Crippen LogP contribution in [-0.4, -0.2) is 38.6 Å². The molecule has 144 valence electrons. The molecule has 0 bridgehead atoms. The minimum Gasteiger partial charge on any atom is -0.336 e. The summed E-state index contributed by atoms with van der Waals surface area (Å²) < 4.78 is 1.78. The van der Waals surface area contributed by atoms with E-state index in [-0.39, 0.29) is 11.7 Å². The van der Waals surface area contributed by atoms with E-state index in [9.17, 15) is 9.59 Å². The standard InChI is InChI=1S/C23H25N3O2/c1-2-25(19-8-4-3-5-9-19)23(28)18-13-11-17(12-14-18)22(27)20-16-24-21-10-6-7-15-26(20)21/h6-7,10-16,19H,2-5,8-9H2,1H3. The molecule has 1 saturated carbocycles. The lowest BCUT2D eigenvalue weighted by molar-refractivity contribution is 0.0647. The lowest BCUT2D eigenvalue weighted by Crippen LogP contribution is -2.41. The molecule has 0 atom stereocenters. The van der Waals surface area contributed by atoms with Gasteiger partial charge in [0, 0.05) is 29.9 Å². The Morgan fingerprint density at radius 2 is 1.75 bits per heavy atom. The molecule has 0 N–H and O–H groups in total. The lowest BCUT2D eigenvalue weighted by Gasteiger charge is -2.33. The maximum absolute atomic E-state index is 13.0. The summed E-state index contributed by atoms with van der Waals surface area (Å²) in [6.45, 7) is 2.75. The van der Waals surface area contributed by atoms with Gasteiger partial charge < -0.3 is 4.90 Å². The maximum atomic E-state index is 13.0. The molecule has 3 aromatic rings. The fourth-order valence-corrected chi connectivity index (χ4v) is 4.14. The first-order chi connectivity index (χ1) is 13.7. The quantitative estimate of drug-likeness (QED) is 0.623. The normalized spacial score (nSPS) is 14.9. The first-order valence-electron chi connectivity index (χ1n) is 10.1. The molecule has 1 aromatic carbocycles. The van der Waals surface area contributed by atoms with Gasteiger partial charge in [0.2, 0.25) is 5.78 Å². The second kappa shape index (κ2) is 7.97. The van der Waals surface area contributed by atoms with E-state index in [1.165, 1.54) is 19.3 Å². The smallest absolute Gasteiger partial charge is 0.254 e. The van der Waals surface area contributed by atoms with Crippen LogP contribution in [0.2, 0.25) is 0 Å². The van der Waals surface area contributed by atoms with Gasteiger partial charge in [-0.2, -0.15) is 0 Å². The average Bonchev–Trinajstić information content (AvgIpc) is 3.19. The van der Waals surface area contributed by atoms with Gasteiger partial charge >= 0.3 is 0 Å². The minimum absolute atomic E-state index is 0.0585. The van der Waals surface area contributed by atoms with Gasteiger partial charge in [-0.25, -0.2) is 4.98 Å². The summed E-state index contributed by atoms with van der Waals surface area (Å²) in [4.78, 5) is 32.1. The lowest BCUT2D eigenvalue weighted by atomic mass is 9.93. The van der Waals surface area contributed by atoms with Gasteiger partial charge in [0.1, 0.15) is 11.3 Å². The van der Waals surface area contributed by atoms with E-state index in [0.717, 1.165) is 18.5 Å². The van der Waals surface area contributed by atoms with E-state index in [2.05, 4.69) is 4.98 Å². The zero-order valence-electron chi connectivity index (χ0n) is 16.2. The number of carbonyl (C=O) groups excluding carboxylic acids is 2. The van der Waals surface area contributed by atoms with Crippen LogP contribution in [0.15, 0.2) is 54.9 Å². The molecule has 1 aliphatic carbocycles. The van der Waals surface area contributed by atoms with Crippen molar-refractivity contribution in [3.05, 3.63) is 71.7 Å². The van der Waals surface area contributed by atoms with E-state index >= 15 is 0 Å². The van der Waals surface area contributed by atoms with E-state index in [1.807, 2.05) is 36.2 Å². The topological polar surface area (TPSA) is 54.7 Å². The Morgan fingerprint density at radius 3 is 2.46 bits per heavy atom. The summed E-state index contributed by atoms with van der Waals surface area (Å²) in [5.74, 6) is -0.0412. The van der Waals surface area contributed by atoms with Gasteiger partial charge in [-0.3, -0.25) is 14.0 Å². The summed E-state index contributed by atoms with van der Waals surface area (Å²) in [6, 6.07) is 13.0. The molecule has 0 radical (unpaired) electrons. The van der Waals surface area contributed by atoms with Gasteiger partial charge in [-0.05, 0) is 44.0 Å². The number of ketones is 1. The van der Waals surface area contributed by atoms with Crippen LogP contribution >= 0.6 is 0 Å². The Hall–Kier alpha value is -2.95. The Balaban J connectivity index is 1.54. The number of hydrogen-bond donors (Lipinski definition) is 0. The number of fused-ring (bicyclic) bond motifs is 1. The molecule has 0 saturated heterocycles. The van der Waals surface area contributed by atoms with Gasteiger partial charge in [0.15, 0.2) is 0 Å². The largest absolute Gasteiger partial charge is 0.336 e. The molecule has 5 nitrogen and oxygen atoms in total. The molecule has 1 amide bonds. The van der Waals surface area contributed by atoms with Crippen LogP contribution in [0.1, 0.15) is 65.4 Å². The van der Waals surface area contributed by atoms with Crippen molar-refractivity contribution in [3.63, 3.8) is 0 Å². The van der Waals surface area contributed by atoms with Crippen molar-refractivity contribution < 1.29 is 9.59 Å². The Bertz CT molecular complexity index is 985. The van der Waals surface area contributed by atoms with Crippen LogP contribution in [-0.2, 0) is 0 Å². The Labute approximate surface area is 165 Å². The summed E-state index contributed by atoms with van der Waals surface area (Å²) in [5, 5.41) is 0. The number of amides is 1. The van der Waals surface area contributed by atoms with Gasteiger partial charge in [-0.15, -0.1) is 0 Å². The van der Waals surface area contributed by atoms with E-state index in [0.29, 0.717) is 29.4 Å². The third-order valence-electron chi connectivity index (χ3n) is 5.66. The molecule has 0 aliphatic heterocycles. The number of imidazole rings is 1. The molecule has 2 heterocycles. The summed E-state index contributed by atoms with van der Waals surface area (Å²) in [7, 11) is 0. The Kier molecular flexibility index (Phi) is 5.24. The van der Waals surface area contributed by atoms with E-state index in [4.69, 9.17) is 0 Å². The van der Waals surface area contributed by atoms with Crippen molar-refractivity contribution in [2.24, 2.45) is 0 Å². The SMILES string of the molecule is CCN(C(=O)c1ccc(C(=O)c2cnc3ccccn23)cc1)C1CCCCC1. The highest BCUT2D eigenvalue weighted by atomic mass is 16.2. The van der Waals surface area contributed by atoms with Crippen molar-refractivity contribution in [2.45, 2.75) is 45.1 Å². The predicted octanol–water partition coefficient (Wildman–Crippen LogP) is 4.36. The maximum Gasteiger partial charge on any atom is 0.254 e. The average molecular weight is 375 g/mol. The first-order valence-corrected chi connectivity index (χ1v) is 10.1. The van der Waals surface area contributed by atoms with Crippen LogP contribution in [0.3, 0.4) is 0 Å². The highest BCUT2D eigenvalue weighted by Gasteiger charge is 2.25. The molecule has 0 unspecified atom stereocenters. The van der Waals surface area contributed by atoms with Crippen LogP contribution in [0.5, 0.6) is 0 Å². The van der Waals surface area contributed by atoms with Crippen LogP contribution in [0.4, 0.5) is 0 Å². The summed E-state index contributed by atoms with van der Waals surface area (Å²) in [6.07, 6.45) is 9.26. The fourth-order valence-electron chi connectivity index (χ4n) is 4.14. The summed E-state index contributed by atoms with van der Waals surface area (Å²) in [5.41, 5.74) is 2.46. The number of nitrogens with zero attached hydrogens (tertiary/aromatic N) is 3. The first kappa shape index (κ1) is 18.4. The third kappa shape index (κ3) is 3.44. The monoisotopic (exact) mass is 375 g/mol. The molecule has 2 aromatic heterocycles. The molecule has 5 heteroatoms. The highest BCUT2D eigenvalue weighted by molar-refractivity contribution is 6.08. The summed E-state index contributed by atoms with van der Waals surface area (Å²) >= 11 is 0. The van der Waals surface area contributed by atoms with E-state index < -0.39 is 0 Å². The van der Waals surface area contributed by atoms with Crippen molar-refractivity contribution in [1.29, 1.82) is 0 Å². The zero-order valence-corrected chi connectivity index (χ0v) is 16.2. The molecule has 4 rings (SSSR count). The second-order valence-electron chi connectivity index (χ2n) is 7.36.